The van der Waals surface area contributed by atoms with Crippen molar-refractivity contribution in [3.05, 3.63) is 0 Å². The van der Waals surface area contributed by atoms with E-state index in [4.69, 9.17) is 4.74 Å². The Morgan fingerprint density at radius 2 is 2.12 bits per heavy atom. The Morgan fingerprint density at radius 3 is 2.50 bits per heavy atom. The van der Waals surface area contributed by atoms with Gasteiger partial charge >= 0.3 is 0 Å². The standard InChI is InChI=1S/C6H13FO/c1-6(2)5-8-4-3-7/h6H,3-5H2,1-2H3. The van der Waals surface area contributed by atoms with Gasteiger partial charge in [-0.2, -0.15) is 0 Å². The summed E-state index contributed by atoms with van der Waals surface area (Å²) < 4.78 is 16.2. The van der Waals surface area contributed by atoms with E-state index in [1.54, 1.807) is 0 Å². The Morgan fingerprint density at radius 1 is 1.50 bits per heavy atom. The summed E-state index contributed by atoms with van der Waals surface area (Å²) in [6.45, 7) is 4.63. The summed E-state index contributed by atoms with van der Waals surface area (Å²) in [5.41, 5.74) is 0. The molecule has 0 heterocycles. The van der Waals surface area contributed by atoms with Gasteiger partial charge in [-0.15, -0.1) is 0 Å². The molecule has 0 aromatic rings. The minimum atomic E-state index is -0.368. The molecule has 0 saturated heterocycles. The average molecular weight is 120 g/mol. The van der Waals surface area contributed by atoms with Crippen LogP contribution in [0.25, 0.3) is 0 Å². The molecule has 0 spiro atoms. The molecular weight excluding hydrogens is 107 g/mol. The van der Waals surface area contributed by atoms with Crippen LogP contribution in [0.15, 0.2) is 0 Å². The highest BCUT2D eigenvalue weighted by molar-refractivity contribution is 4.38. The Bertz CT molecular complexity index is 45.8. The Kier molecular flexibility index (Phi) is 4.97. The van der Waals surface area contributed by atoms with E-state index < -0.39 is 0 Å². The summed E-state index contributed by atoms with van der Waals surface area (Å²) >= 11 is 0. The largest absolute Gasteiger partial charge is 0.378 e. The van der Waals surface area contributed by atoms with Crippen LogP contribution in [0.5, 0.6) is 0 Å². The molecule has 0 bridgehead atoms. The van der Waals surface area contributed by atoms with E-state index in [1.807, 2.05) is 13.8 Å². The van der Waals surface area contributed by atoms with Crippen molar-refractivity contribution < 1.29 is 9.13 Å². The van der Waals surface area contributed by atoms with E-state index in [0.29, 0.717) is 12.5 Å². The Labute approximate surface area is 49.8 Å². The second-order valence-corrected chi connectivity index (χ2v) is 2.16. The van der Waals surface area contributed by atoms with Crippen molar-refractivity contribution in [3.8, 4) is 0 Å². The van der Waals surface area contributed by atoms with Gasteiger partial charge in [-0.25, -0.2) is 4.39 Å². The van der Waals surface area contributed by atoms with Crippen molar-refractivity contribution in [3.63, 3.8) is 0 Å². The van der Waals surface area contributed by atoms with Gasteiger partial charge in [-0.3, -0.25) is 0 Å². The van der Waals surface area contributed by atoms with Crippen LogP contribution in [0.2, 0.25) is 0 Å². The zero-order valence-electron chi connectivity index (χ0n) is 5.48. The molecule has 0 aliphatic rings. The van der Waals surface area contributed by atoms with Gasteiger partial charge in [-0.1, -0.05) is 13.8 Å². The summed E-state index contributed by atoms with van der Waals surface area (Å²) in [4.78, 5) is 0. The summed E-state index contributed by atoms with van der Waals surface area (Å²) in [6, 6.07) is 0. The maximum atomic E-state index is 11.3. The number of rotatable bonds is 4. The molecule has 0 aliphatic heterocycles. The lowest BCUT2D eigenvalue weighted by Crippen LogP contribution is -2.03. The predicted octanol–water partition coefficient (Wildman–Crippen LogP) is 1.63. The molecule has 0 aliphatic carbocycles. The van der Waals surface area contributed by atoms with E-state index >= 15 is 0 Å². The lowest BCUT2D eigenvalue weighted by molar-refractivity contribution is 0.0974. The van der Waals surface area contributed by atoms with Crippen LogP contribution in [0.1, 0.15) is 13.8 Å². The molecule has 50 valence electrons. The lowest BCUT2D eigenvalue weighted by Gasteiger charge is -2.02. The molecule has 0 aromatic carbocycles. The minimum absolute atomic E-state index is 0.248. The van der Waals surface area contributed by atoms with E-state index in [0.717, 1.165) is 0 Å². The molecule has 0 saturated carbocycles. The molecule has 0 rings (SSSR count). The fourth-order valence-electron chi connectivity index (χ4n) is 0.374. The predicted molar refractivity (Wildman–Crippen MR) is 31.6 cm³/mol. The summed E-state index contributed by atoms with van der Waals surface area (Å²) in [5.74, 6) is 0.515. The highest BCUT2D eigenvalue weighted by Gasteiger charge is 1.90. The van der Waals surface area contributed by atoms with Crippen LogP contribution in [-0.2, 0) is 4.74 Å². The second-order valence-electron chi connectivity index (χ2n) is 2.16. The highest BCUT2D eigenvalue weighted by atomic mass is 19.1. The van der Waals surface area contributed by atoms with Gasteiger partial charge in [0.25, 0.3) is 0 Å². The van der Waals surface area contributed by atoms with E-state index in [1.165, 1.54) is 0 Å². The van der Waals surface area contributed by atoms with E-state index in [9.17, 15) is 4.39 Å². The topological polar surface area (TPSA) is 9.23 Å². The molecule has 2 heteroatoms. The highest BCUT2D eigenvalue weighted by Crippen LogP contribution is 1.91. The van der Waals surface area contributed by atoms with Crippen molar-refractivity contribution in [1.82, 2.24) is 0 Å². The van der Waals surface area contributed by atoms with Crippen molar-refractivity contribution in [2.75, 3.05) is 19.9 Å². The van der Waals surface area contributed by atoms with Crippen LogP contribution < -0.4 is 0 Å². The van der Waals surface area contributed by atoms with E-state index in [-0.39, 0.29) is 13.3 Å². The number of halogens is 1. The normalized spacial score (nSPS) is 10.5. The zero-order chi connectivity index (χ0) is 6.41. The monoisotopic (exact) mass is 120 g/mol. The summed E-state index contributed by atoms with van der Waals surface area (Å²) in [7, 11) is 0. The number of hydrogen-bond acceptors (Lipinski definition) is 1. The Hall–Kier alpha value is -0.110. The molecule has 0 amide bonds. The molecule has 0 N–H and O–H groups in total. The summed E-state index contributed by atoms with van der Waals surface area (Å²) in [5, 5.41) is 0. The van der Waals surface area contributed by atoms with Gasteiger partial charge in [0.05, 0.1) is 6.61 Å². The van der Waals surface area contributed by atoms with Crippen LogP contribution in [-0.4, -0.2) is 19.9 Å². The average Bonchev–Trinajstić information content (AvgIpc) is 1.66. The molecule has 0 aromatic heterocycles. The SMILES string of the molecule is CC(C)COCCF. The van der Waals surface area contributed by atoms with Gasteiger partial charge in [0.2, 0.25) is 0 Å². The van der Waals surface area contributed by atoms with E-state index in [2.05, 4.69) is 0 Å². The van der Waals surface area contributed by atoms with Gasteiger partial charge in [0, 0.05) is 6.61 Å². The van der Waals surface area contributed by atoms with Gasteiger partial charge in [0.15, 0.2) is 0 Å². The van der Waals surface area contributed by atoms with Crippen LogP contribution >= 0.6 is 0 Å². The minimum Gasteiger partial charge on any atom is -0.378 e. The molecule has 0 atom stereocenters. The molecular formula is C6H13FO. The third kappa shape index (κ3) is 5.89. The van der Waals surface area contributed by atoms with Crippen molar-refractivity contribution in [2.24, 2.45) is 5.92 Å². The third-order valence-corrected chi connectivity index (χ3v) is 0.673. The van der Waals surface area contributed by atoms with Crippen molar-refractivity contribution in [1.29, 1.82) is 0 Å². The Balaban J connectivity index is 2.72. The lowest BCUT2D eigenvalue weighted by atomic mass is 10.2. The van der Waals surface area contributed by atoms with Crippen LogP contribution in [0, 0.1) is 5.92 Å². The first kappa shape index (κ1) is 7.89. The van der Waals surface area contributed by atoms with Gasteiger partial charge in [-0.05, 0) is 5.92 Å². The smallest absolute Gasteiger partial charge is 0.113 e. The third-order valence-electron chi connectivity index (χ3n) is 0.673. The van der Waals surface area contributed by atoms with Gasteiger partial charge < -0.3 is 4.74 Å². The first-order valence-electron chi connectivity index (χ1n) is 2.91. The fraction of sp³-hybridized carbons (Fsp3) is 1.00. The number of hydrogen-bond donors (Lipinski definition) is 0. The van der Waals surface area contributed by atoms with Gasteiger partial charge in [0.1, 0.15) is 6.67 Å². The molecule has 0 fully saturated rings. The van der Waals surface area contributed by atoms with Crippen LogP contribution in [0.3, 0.4) is 0 Å². The first-order chi connectivity index (χ1) is 3.77. The van der Waals surface area contributed by atoms with Crippen molar-refractivity contribution in [2.45, 2.75) is 13.8 Å². The molecule has 0 radical (unpaired) electrons. The maximum Gasteiger partial charge on any atom is 0.113 e. The molecule has 8 heavy (non-hydrogen) atoms. The van der Waals surface area contributed by atoms with Crippen molar-refractivity contribution >= 4 is 0 Å². The zero-order valence-corrected chi connectivity index (χ0v) is 5.48. The number of ether oxygens (including phenoxy) is 1. The molecule has 1 nitrogen and oxygen atoms in total. The first-order valence-corrected chi connectivity index (χ1v) is 2.91. The summed E-state index contributed by atoms with van der Waals surface area (Å²) in [6.07, 6.45) is 0. The number of alkyl halides is 1. The van der Waals surface area contributed by atoms with Crippen LogP contribution in [0.4, 0.5) is 4.39 Å². The maximum absolute atomic E-state index is 11.3. The quantitative estimate of drug-likeness (QED) is 0.512. The fourth-order valence-corrected chi connectivity index (χ4v) is 0.374. The second kappa shape index (κ2) is 5.04. The molecule has 0 unspecified atom stereocenters.